The van der Waals surface area contributed by atoms with Gasteiger partial charge in [-0.2, -0.15) is 0 Å². The van der Waals surface area contributed by atoms with Gasteiger partial charge in [0.2, 0.25) is 0 Å². The predicted octanol–water partition coefficient (Wildman–Crippen LogP) is 40.8. The second-order valence-electron chi connectivity index (χ2n) is 31.8. The van der Waals surface area contributed by atoms with Gasteiger partial charge in [0.15, 0.2) is 0 Å². The van der Waals surface area contributed by atoms with Crippen LogP contribution in [0.1, 0.15) is 118 Å². The van der Waals surface area contributed by atoms with Gasteiger partial charge in [-0.1, -0.05) is 441 Å². The minimum Gasteiger partial charge on any atom is -0.456 e. The minimum atomic E-state index is -1.15. The van der Waals surface area contributed by atoms with Gasteiger partial charge in [-0.3, -0.25) is 0 Å². The van der Waals surface area contributed by atoms with E-state index in [1.165, 1.54) is 0 Å². The fraction of sp³-hybridized carbons (Fsp3) is 0. The SMILES string of the molecule is [2H]c1c(-c2c3c([2H])c([2H])c([2H])c([2H])c3c(-c3c([2H])c([2H])c(-c4c([2H])c([2H])c([2H])c5c([2H])c([2H])c([2H])c([2H])c45)c4c([2H])c([2H])c([2H])c([2H])c34)c3c([2H])c([2H])c([2H])c([2H])c23)c([2H])c2c(oc3c([2H])c([2H])c4c([2H])c([2H])c([2H])c([2H])c4c32)c1[2H].[2H]c1c([2H])c([2H])c(-c2c([2H])c(-c3c4c([2H])c([2H])c([2H])c([2H])c4c(-c4c([2H])c([2H])c5oc6c([2H])c([2H])c7c([2H])c([2H])c([2H])c([2H])c7c6c5c4[2H])c4c([2H])c([2H])c([2H])c([2H])c34)c([2H])c3c([2H])c([2H])c([2H])c([2H])c23)c([2H])c1[2H].[2H]c1c([2H])c([2H])c(-c2c([2H])c([2H])c3c([2H])c(-c4c5c([2H])c([2H])c([2H])c([2H])c5c(-c5c([2H])c([2H])c6oc7c([2H])c([2H])c8c([2H])c([2H])c([2H])c([2H])c8c7c6c5[2H])c5c([2H])c([2H])c([2H])c([2H])c45)c([2H])c([2H])c3c2[2H])c([2H])c1[2H]. The van der Waals surface area contributed by atoms with E-state index in [0.29, 0.717) is 0 Å². The van der Waals surface area contributed by atoms with E-state index in [1.54, 1.807) is 0 Å². The molecule has 0 spiro atoms. The average molecular weight is 1930 g/mol. The van der Waals surface area contributed by atoms with Crippen molar-refractivity contribution in [3.63, 3.8) is 0 Å². The van der Waals surface area contributed by atoms with Crippen LogP contribution in [0.25, 0.3) is 306 Å². The summed E-state index contributed by atoms with van der Waals surface area (Å²) in [6, 6.07) is -80.6. The monoisotopic (exact) mass is 1930 g/mol. The van der Waals surface area contributed by atoms with E-state index in [9.17, 15) is 45.2 Å². The molecule has 0 saturated heterocycles. The van der Waals surface area contributed by atoms with E-state index in [0.717, 1.165) is 0 Å². The van der Waals surface area contributed by atoms with Crippen molar-refractivity contribution in [2.45, 2.75) is 0 Å². The molecule has 0 aliphatic carbocycles. The average Bonchev–Trinajstić information content (AvgIpc) is 1.67. The molecule has 31 aromatic rings. The number of hydrogen-bond donors (Lipinski definition) is 0. The lowest BCUT2D eigenvalue weighted by atomic mass is 9.83. The van der Waals surface area contributed by atoms with Crippen molar-refractivity contribution in [1.82, 2.24) is 0 Å². The molecule has 3 nitrogen and oxygen atoms in total. The molecule has 28 aromatic carbocycles. The van der Waals surface area contributed by atoms with Crippen molar-refractivity contribution in [2.75, 3.05) is 0 Å². The molecule has 31 rings (SSSR count). The van der Waals surface area contributed by atoms with Crippen LogP contribution in [-0.4, -0.2) is 0 Å². The first-order valence-corrected chi connectivity index (χ1v) is 43.0. The van der Waals surface area contributed by atoms with Crippen LogP contribution in [0.2, 0.25) is 0 Å². The molecule has 0 bridgehead atoms. The summed E-state index contributed by atoms with van der Waals surface area (Å²) in [7, 11) is 0. The van der Waals surface area contributed by atoms with Gasteiger partial charge < -0.3 is 13.3 Å². The Balaban J connectivity index is 0.000000145. The van der Waals surface area contributed by atoms with Crippen LogP contribution in [0.15, 0.2) is 533 Å². The third-order valence-electron chi connectivity index (χ3n) is 24.1. The molecule has 0 aliphatic rings. The molecule has 672 valence electrons. The maximum absolute atomic E-state index is 9.99. The molecule has 0 fully saturated rings. The van der Waals surface area contributed by atoms with E-state index in [-0.39, 0.29) is 0 Å². The second kappa shape index (κ2) is 33.9. The van der Waals surface area contributed by atoms with Gasteiger partial charge in [0.1, 0.15) is 33.5 Å². The zero-order chi connectivity index (χ0) is 170. The van der Waals surface area contributed by atoms with E-state index in [1.807, 2.05) is 0 Å². The summed E-state index contributed by atoms with van der Waals surface area (Å²) in [5, 5.41) is -20.8. The molecule has 3 heteroatoms. The first kappa shape index (κ1) is 34.1. The van der Waals surface area contributed by atoms with Crippen LogP contribution in [0, 0.1) is 0 Å². The Kier molecular flexibility index (Phi) is 7.98. The van der Waals surface area contributed by atoms with E-state index < -0.39 is 826 Å². The van der Waals surface area contributed by atoms with Crippen LogP contribution < -0.4 is 0 Å². The molecule has 0 atom stereocenters. The van der Waals surface area contributed by atoms with Crippen LogP contribution in [0.4, 0.5) is 0 Å². The van der Waals surface area contributed by atoms with Crippen molar-refractivity contribution < 1.29 is 131 Å². The topological polar surface area (TPSA) is 39.4 Å². The quantitative estimate of drug-likeness (QED) is 0.135. The summed E-state index contributed by atoms with van der Waals surface area (Å²) in [5.41, 5.74) is -17.7. The third-order valence-corrected chi connectivity index (χ3v) is 24.1. The summed E-state index contributed by atoms with van der Waals surface area (Å²) < 4.78 is 796. The van der Waals surface area contributed by atoms with Crippen LogP contribution in [0.5, 0.6) is 0 Å². The summed E-state index contributed by atoms with van der Waals surface area (Å²) in [5.74, 6) is 0. The molecule has 0 N–H and O–H groups in total. The maximum Gasteiger partial charge on any atom is 0.136 e. The highest BCUT2D eigenvalue weighted by Gasteiger charge is 2.27. The number of furan rings is 3. The van der Waals surface area contributed by atoms with Crippen molar-refractivity contribution in [3.05, 3.63) is 520 Å². The standard InChI is InChI=1S/C50H30O.2C46H28O/c1-3-15-34-31(12-1)14-11-23-36(34)39-26-27-44(38-18-6-5-17-37(38)39)49-42-21-9-7-19-40(42)48(41-20-8-10-22-43(41)49)33-25-28-46-45(30-33)50-35-16-4-2-13-32(35)24-29-47(50)51-46;1-2-12-29(13-3-1)40-28-33(26-31-15-5-6-16-34(31)40)45-38-20-10-8-18-36(38)44(37-19-9-11-21-39(37)45)32-23-24-42-41(27-32)46-35-17-7-4-14-30(35)22-25-43(46)47-42;1-2-10-29(11-3-1)31-18-19-33-27-34(21-20-32(33)26-31)44-37-14-6-8-16-39(37)45(40-17-9-7-15-38(40)44)35-23-24-42-41(28-35)46-36-13-5-4-12-30(36)22-25-43(46)47-42/h1-30H;2*1-28H/i1D,2D,3D,4D,5D,6D,7D,8D,9D,10D,11D,12D,13D,14D,15D,16D,17D,18D,19D,20D,21D,22D,23D,24D,25D,26D,27D,28D,29D,30D;2*1D,2D,3D,4D,5D,6D,7D,8D,9D,10D,11D,12D,13D,14D,15D,16D,17D,18D,19D,20D,21D,22D,23D,24D,25D,26D,27D,28D. The Labute approximate surface area is 955 Å². The molecule has 0 unspecified atom stereocenters. The Morgan fingerprint density at radius 2 is 0.359 bits per heavy atom. The van der Waals surface area contributed by atoms with Gasteiger partial charge in [0.25, 0.3) is 0 Å². The predicted molar refractivity (Wildman–Crippen MR) is 618 cm³/mol. The molecule has 0 saturated carbocycles. The third kappa shape index (κ3) is 13.7. The lowest BCUT2D eigenvalue weighted by Crippen LogP contribution is -1.92. The first-order chi connectivity index (χ1) is 108. The van der Waals surface area contributed by atoms with Crippen molar-refractivity contribution in [3.8, 4) is 100 Å². The molecule has 0 radical (unpaired) electrons. The molecular weight excluding hydrogens is 1750 g/mol. The highest BCUT2D eigenvalue weighted by atomic mass is 16.3. The van der Waals surface area contributed by atoms with Gasteiger partial charge >= 0.3 is 0 Å². The van der Waals surface area contributed by atoms with E-state index >= 15 is 0 Å². The second-order valence-corrected chi connectivity index (χ2v) is 31.8. The summed E-state index contributed by atoms with van der Waals surface area (Å²) in [4.78, 5) is 0. The molecule has 0 aliphatic heterocycles. The van der Waals surface area contributed by atoms with Crippen molar-refractivity contribution >= 4 is 206 Å². The molecule has 3 heterocycles. The smallest absolute Gasteiger partial charge is 0.136 e. The van der Waals surface area contributed by atoms with Crippen molar-refractivity contribution in [2.24, 2.45) is 0 Å². The summed E-state index contributed by atoms with van der Waals surface area (Å²) >= 11 is 0. The minimum absolute atomic E-state index is 0.401. The highest BCUT2D eigenvalue weighted by Crippen LogP contribution is 2.53. The zero-order valence-corrected chi connectivity index (χ0v) is 72.2. The fourth-order valence-corrected chi connectivity index (χ4v) is 18.0. The van der Waals surface area contributed by atoms with Gasteiger partial charge in [0, 0.05) is 32.3 Å². The van der Waals surface area contributed by atoms with Crippen LogP contribution in [0.3, 0.4) is 0 Å². The van der Waals surface area contributed by atoms with E-state index in [4.69, 9.17) is 85.9 Å². The lowest BCUT2D eigenvalue weighted by molar-refractivity contribution is 0.669. The number of rotatable bonds is 9. The Bertz CT molecular complexity index is 16300. The molecule has 145 heavy (non-hydrogen) atoms. The highest BCUT2D eigenvalue weighted by molar-refractivity contribution is 6.30. The first-order valence-electron chi connectivity index (χ1n) is 86.0. The summed E-state index contributed by atoms with van der Waals surface area (Å²) in [6.07, 6.45) is 0. The van der Waals surface area contributed by atoms with Crippen molar-refractivity contribution in [1.29, 1.82) is 0 Å². The Morgan fingerprint density at radius 3 is 0.759 bits per heavy atom. The molecule has 3 aromatic heterocycles. The zero-order valence-electron chi connectivity index (χ0n) is 158. The van der Waals surface area contributed by atoms with Gasteiger partial charge in [0.05, 0.1) is 118 Å². The maximum atomic E-state index is 9.99. The normalized spacial score (nSPS) is 20.2. The molecule has 0 amide bonds. The van der Waals surface area contributed by atoms with E-state index in [2.05, 4.69) is 0 Å². The summed E-state index contributed by atoms with van der Waals surface area (Å²) in [6.45, 7) is 0. The largest absolute Gasteiger partial charge is 0.456 e. The Hall–Kier alpha value is -19.1. The number of benzene rings is 28. The Morgan fingerprint density at radius 1 is 0.110 bits per heavy atom. The molecular formula is C142H86O3. The van der Waals surface area contributed by atoms with Crippen LogP contribution in [-0.2, 0) is 0 Å². The van der Waals surface area contributed by atoms with Gasteiger partial charge in [-0.25, -0.2) is 0 Å². The van der Waals surface area contributed by atoms with Crippen LogP contribution >= 0.6 is 0 Å². The van der Waals surface area contributed by atoms with Gasteiger partial charge in [-0.15, -0.1) is 0 Å². The lowest BCUT2D eigenvalue weighted by Gasteiger charge is -2.20. The van der Waals surface area contributed by atoms with Gasteiger partial charge in [-0.05, 0) is 319 Å². The fourth-order valence-electron chi connectivity index (χ4n) is 18.0. The number of fused-ring (bicyclic) bond motifs is 25. The number of hydrogen-bond acceptors (Lipinski definition) is 3.